The van der Waals surface area contributed by atoms with Crippen LogP contribution in [-0.2, 0) is 4.74 Å². The predicted molar refractivity (Wildman–Crippen MR) is 117 cm³/mol. The summed E-state index contributed by atoms with van der Waals surface area (Å²) in [7, 11) is 1.84. The van der Waals surface area contributed by atoms with Crippen LogP contribution >= 0.6 is 11.8 Å². The molecular formula is C23H39NOS. The van der Waals surface area contributed by atoms with E-state index in [1.54, 1.807) is 0 Å². The number of rotatable bonds is 13. The quantitative estimate of drug-likeness (QED) is 0.259. The molecule has 0 aromatic rings. The van der Waals surface area contributed by atoms with Crippen LogP contribution in [0.3, 0.4) is 0 Å². The van der Waals surface area contributed by atoms with Crippen molar-refractivity contribution in [3.8, 4) is 0 Å². The Morgan fingerprint density at radius 2 is 2.15 bits per heavy atom. The Balaban J connectivity index is 1.52. The Bertz CT molecular complexity index is 496. The van der Waals surface area contributed by atoms with Crippen LogP contribution < -0.4 is 0 Å². The molecule has 0 aromatic carbocycles. The molecule has 0 aromatic heterocycles. The zero-order valence-electron chi connectivity index (χ0n) is 17.4. The molecule has 0 saturated heterocycles. The first kappa shape index (κ1) is 21.8. The highest BCUT2D eigenvalue weighted by molar-refractivity contribution is 8.14. The van der Waals surface area contributed by atoms with Crippen LogP contribution in [0.2, 0.25) is 0 Å². The topological polar surface area (TPSA) is 21.6 Å². The van der Waals surface area contributed by atoms with Gasteiger partial charge in [-0.2, -0.15) is 0 Å². The Kier molecular flexibility index (Phi) is 10.1. The molecule has 148 valence electrons. The Morgan fingerprint density at radius 1 is 1.35 bits per heavy atom. The molecule has 1 aliphatic heterocycles. The van der Waals surface area contributed by atoms with Gasteiger partial charge in [-0.05, 0) is 57.8 Å². The molecule has 2 nitrogen and oxygen atoms in total. The normalized spacial score (nSPS) is 27.2. The molecule has 0 N–H and O–H groups in total. The fraction of sp³-hybridized carbons (Fsp3) is 0.783. The minimum Gasteiger partial charge on any atom is -0.381 e. The highest BCUT2D eigenvalue weighted by Crippen LogP contribution is 2.44. The van der Waals surface area contributed by atoms with Crippen molar-refractivity contribution in [1.29, 1.82) is 0 Å². The van der Waals surface area contributed by atoms with E-state index < -0.39 is 0 Å². The van der Waals surface area contributed by atoms with Crippen molar-refractivity contribution >= 4 is 16.8 Å². The number of thioether (sulfide) groups is 1. The summed E-state index contributed by atoms with van der Waals surface area (Å²) in [5, 5.41) is 1.47. The summed E-state index contributed by atoms with van der Waals surface area (Å²) in [6, 6.07) is 0.603. The maximum atomic E-state index is 5.53. The van der Waals surface area contributed by atoms with Crippen molar-refractivity contribution in [2.45, 2.75) is 90.7 Å². The molecule has 1 aliphatic carbocycles. The van der Waals surface area contributed by atoms with Crippen LogP contribution in [0.15, 0.2) is 28.8 Å². The number of methoxy groups -OCH3 is 1. The van der Waals surface area contributed by atoms with Crippen molar-refractivity contribution in [3.63, 3.8) is 0 Å². The van der Waals surface area contributed by atoms with E-state index >= 15 is 0 Å². The maximum absolute atomic E-state index is 5.53. The van der Waals surface area contributed by atoms with Gasteiger partial charge in [0.05, 0.1) is 17.2 Å². The van der Waals surface area contributed by atoms with Crippen LogP contribution in [0.4, 0.5) is 0 Å². The largest absolute Gasteiger partial charge is 0.381 e. The van der Waals surface area contributed by atoms with Gasteiger partial charge in [-0.25, -0.2) is 0 Å². The first-order valence-electron chi connectivity index (χ1n) is 10.7. The standard InChI is InChI=1S/C23H39NOS/c1-5-11-21(25-4)15-14-18(2)12-9-7-6-8-10-13-20-17-26-23(24-20)22-16-19(22)3/h7,9,12,19-22H,5-6,8,10-11,13-17H2,1-4H3/b9-7+,18-12+/t19-,20?,21-,22+/m0/s1. The molecule has 0 radical (unpaired) electrons. The lowest BCUT2D eigenvalue weighted by atomic mass is 10.0. The molecule has 0 spiro atoms. The monoisotopic (exact) mass is 377 g/mol. The van der Waals surface area contributed by atoms with Crippen LogP contribution in [-0.4, -0.2) is 30.1 Å². The van der Waals surface area contributed by atoms with Crippen LogP contribution in [0, 0.1) is 11.8 Å². The summed E-state index contributed by atoms with van der Waals surface area (Å²) in [4.78, 5) is 4.95. The number of ether oxygens (including phenoxy) is 1. The fourth-order valence-electron chi connectivity index (χ4n) is 3.60. The molecule has 0 amide bonds. The second kappa shape index (κ2) is 12.0. The van der Waals surface area contributed by atoms with Crippen molar-refractivity contribution in [1.82, 2.24) is 0 Å². The molecule has 1 heterocycles. The van der Waals surface area contributed by atoms with Crippen molar-refractivity contribution < 1.29 is 4.74 Å². The van der Waals surface area contributed by atoms with Gasteiger partial charge in [0.2, 0.25) is 0 Å². The molecule has 3 heteroatoms. The van der Waals surface area contributed by atoms with Gasteiger partial charge in [0.25, 0.3) is 0 Å². The third-order valence-electron chi connectivity index (χ3n) is 5.64. The lowest BCUT2D eigenvalue weighted by molar-refractivity contribution is 0.0876. The van der Waals surface area contributed by atoms with Crippen molar-refractivity contribution in [2.24, 2.45) is 16.8 Å². The van der Waals surface area contributed by atoms with E-state index in [1.165, 1.54) is 61.3 Å². The van der Waals surface area contributed by atoms with E-state index in [4.69, 9.17) is 9.73 Å². The van der Waals surface area contributed by atoms with Gasteiger partial charge >= 0.3 is 0 Å². The Hall–Kier alpha value is -0.540. The van der Waals surface area contributed by atoms with E-state index in [0.29, 0.717) is 12.1 Å². The highest BCUT2D eigenvalue weighted by atomic mass is 32.2. The first-order chi connectivity index (χ1) is 12.6. The van der Waals surface area contributed by atoms with E-state index in [1.807, 2.05) is 18.9 Å². The van der Waals surface area contributed by atoms with Gasteiger partial charge < -0.3 is 4.74 Å². The zero-order chi connectivity index (χ0) is 18.8. The molecule has 2 rings (SSSR count). The third kappa shape index (κ3) is 8.00. The van der Waals surface area contributed by atoms with Crippen molar-refractivity contribution in [3.05, 3.63) is 23.8 Å². The van der Waals surface area contributed by atoms with Gasteiger partial charge in [-0.15, -0.1) is 11.8 Å². The summed E-state index contributed by atoms with van der Waals surface area (Å²) in [6.45, 7) is 6.81. The summed E-state index contributed by atoms with van der Waals surface area (Å²) >= 11 is 2.03. The average molecular weight is 378 g/mol. The maximum Gasteiger partial charge on any atom is 0.0714 e. The lowest BCUT2D eigenvalue weighted by Gasteiger charge is -2.13. The first-order valence-corrected chi connectivity index (χ1v) is 11.7. The minimum atomic E-state index is 0.424. The lowest BCUT2D eigenvalue weighted by Crippen LogP contribution is -2.09. The summed E-state index contributed by atoms with van der Waals surface area (Å²) in [6.07, 6.45) is 18.4. The second-order valence-electron chi connectivity index (χ2n) is 8.16. The van der Waals surface area contributed by atoms with E-state index in [9.17, 15) is 0 Å². The number of allylic oxidation sites excluding steroid dienone is 4. The van der Waals surface area contributed by atoms with E-state index in [2.05, 4.69) is 39.0 Å². The van der Waals surface area contributed by atoms with Gasteiger partial charge in [0.15, 0.2) is 0 Å². The van der Waals surface area contributed by atoms with Gasteiger partial charge in [0.1, 0.15) is 0 Å². The predicted octanol–water partition coefficient (Wildman–Crippen LogP) is 6.81. The molecule has 1 fully saturated rings. The number of aliphatic imine (C=N–C) groups is 1. The molecule has 2 aliphatic rings. The van der Waals surface area contributed by atoms with Gasteiger partial charge in [-0.3, -0.25) is 4.99 Å². The Morgan fingerprint density at radius 3 is 2.85 bits per heavy atom. The Labute approximate surface area is 166 Å². The SMILES string of the molecule is CCC[C@@H](CC/C(C)=C/C=C/CCCCC1CSC([C@@H]2C[C@@H]2C)=N1)OC. The number of hydrogen-bond donors (Lipinski definition) is 0. The zero-order valence-corrected chi connectivity index (χ0v) is 18.2. The number of unbranched alkanes of at least 4 members (excludes halogenated alkanes) is 2. The fourth-order valence-corrected chi connectivity index (χ4v) is 4.97. The smallest absolute Gasteiger partial charge is 0.0714 e. The van der Waals surface area contributed by atoms with Gasteiger partial charge in [-0.1, -0.05) is 50.5 Å². The summed E-state index contributed by atoms with van der Waals surface area (Å²) < 4.78 is 5.53. The third-order valence-corrected chi connectivity index (χ3v) is 6.90. The molecule has 1 saturated carbocycles. The minimum absolute atomic E-state index is 0.424. The van der Waals surface area contributed by atoms with Gasteiger partial charge in [0, 0.05) is 18.8 Å². The van der Waals surface area contributed by atoms with E-state index in [-0.39, 0.29) is 0 Å². The molecule has 4 atom stereocenters. The van der Waals surface area contributed by atoms with Crippen LogP contribution in [0.1, 0.15) is 78.6 Å². The van der Waals surface area contributed by atoms with E-state index in [0.717, 1.165) is 24.7 Å². The van der Waals surface area contributed by atoms with Crippen LogP contribution in [0.25, 0.3) is 0 Å². The highest BCUT2D eigenvalue weighted by Gasteiger charge is 2.39. The molecular weight excluding hydrogens is 338 g/mol. The molecule has 1 unspecified atom stereocenters. The van der Waals surface area contributed by atoms with Crippen molar-refractivity contribution in [2.75, 3.05) is 12.9 Å². The summed E-state index contributed by atoms with van der Waals surface area (Å²) in [5.74, 6) is 2.95. The molecule has 26 heavy (non-hydrogen) atoms. The van der Waals surface area contributed by atoms with Crippen LogP contribution in [0.5, 0.6) is 0 Å². The number of hydrogen-bond acceptors (Lipinski definition) is 3. The molecule has 0 bridgehead atoms. The number of nitrogens with zero attached hydrogens (tertiary/aromatic N) is 1. The summed E-state index contributed by atoms with van der Waals surface area (Å²) in [5.41, 5.74) is 1.46. The average Bonchev–Trinajstić information content (AvgIpc) is 3.18. The second-order valence-corrected chi connectivity index (χ2v) is 9.20.